The van der Waals surface area contributed by atoms with Gasteiger partial charge >= 0.3 is 5.97 Å². The number of hydrogen-bond acceptors (Lipinski definition) is 2. The van der Waals surface area contributed by atoms with Crippen LogP contribution in [0.4, 0.5) is 0 Å². The van der Waals surface area contributed by atoms with E-state index in [1.54, 1.807) is 0 Å². The number of fused-ring (bicyclic) bond motifs is 6. The van der Waals surface area contributed by atoms with Gasteiger partial charge in [0.15, 0.2) is 0 Å². The van der Waals surface area contributed by atoms with E-state index in [2.05, 4.69) is 15.9 Å². The minimum atomic E-state index is -0.825. The van der Waals surface area contributed by atoms with Gasteiger partial charge in [-0.2, -0.15) is 0 Å². The molecule has 1 aromatic heterocycles. The third-order valence-electron chi connectivity index (χ3n) is 4.46. The van der Waals surface area contributed by atoms with Crippen molar-refractivity contribution in [3.63, 3.8) is 0 Å². The maximum atomic E-state index is 11.7. The molecule has 0 aliphatic heterocycles. The van der Waals surface area contributed by atoms with E-state index >= 15 is 0 Å². The topological polar surface area (TPSA) is 50.2 Å². The maximum Gasteiger partial charge on any atom is 0.336 e. The first kappa shape index (κ1) is 11.4. The smallest absolute Gasteiger partial charge is 0.336 e. The van der Waals surface area contributed by atoms with Crippen LogP contribution in [0.2, 0.25) is 0 Å². The van der Waals surface area contributed by atoms with Gasteiger partial charge in [0.05, 0.1) is 11.1 Å². The summed E-state index contributed by atoms with van der Waals surface area (Å²) in [6.07, 6.45) is 3.35. The van der Waals surface area contributed by atoms with E-state index in [1.807, 2.05) is 18.2 Å². The Labute approximate surface area is 118 Å². The lowest BCUT2D eigenvalue weighted by atomic mass is 9.89. The number of rotatable bonds is 1. The third kappa shape index (κ3) is 1.49. The first-order chi connectivity index (χ1) is 9.15. The molecule has 2 unspecified atom stereocenters. The van der Waals surface area contributed by atoms with Crippen molar-refractivity contribution < 1.29 is 9.90 Å². The zero-order chi connectivity index (χ0) is 13.1. The molecule has 4 rings (SSSR count). The highest BCUT2D eigenvalue weighted by molar-refractivity contribution is 9.10. The van der Waals surface area contributed by atoms with Crippen LogP contribution >= 0.6 is 15.9 Å². The van der Waals surface area contributed by atoms with Gasteiger partial charge < -0.3 is 5.11 Å². The maximum absolute atomic E-state index is 11.7. The number of carboxylic acid groups (broad SMARTS) is 1. The van der Waals surface area contributed by atoms with Crippen LogP contribution in [0, 0.1) is 0 Å². The van der Waals surface area contributed by atoms with E-state index in [1.165, 1.54) is 0 Å². The van der Waals surface area contributed by atoms with Crippen LogP contribution in [0.25, 0.3) is 10.9 Å². The summed E-state index contributed by atoms with van der Waals surface area (Å²) in [5.41, 5.74) is 3.33. The second kappa shape index (κ2) is 3.79. The van der Waals surface area contributed by atoms with Gasteiger partial charge in [-0.1, -0.05) is 15.9 Å². The Morgan fingerprint density at radius 2 is 2.11 bits per heavy atom. The lowest BCUT2D eigenvalue weighted by Gasteiger charge is -2.18. The lowest BCUT2D eigenvalue weighted by Crippen LogP contribution is -2.10. The van der Waals surface area contributed by atoms with Crippen molar-refractivity contribution >= 4 is 32.8 Å². The Morgan fingerprint density at radius 1 is 1.32 bits per heavy atom. The van der Waals surface area contributed by atoms with Crippen LogP contribution in [-0.2, 0) is 0 Å². The molecule has 1 fully saturated rings. The number of aromatic nitrogens is 1. The number of hydrogen-bond donors (Lipinski definition) is 1. The minimum Gasteiger partial charge on any atom is -0.478 e. The molecule has 4 heteroatoms. The second-order valence-corrected chi connectivity index (χ2v) is 6.37. The fourth-order valence-electron chi connectivity index (χ4n) is 3.72. The normalized spacial score (nSPS) is 23.8. The van der Waals surface area contributed by atoms with Gasteiger partial charge in [0, 0.05) is 21.5 Å². The summed E-state index contributed by atoms with van der Waals surface area (Å²) in [7, 11) is 0. The molecule has 3 nitrogen and oxygen atoms in total. The molecule has 2 aliphatic carbocycles. The minimum absolute atomic E-state index is 0.405. The van der Waals surface area contributed by atoms with E-state index in [0.717, 1.165) is 45.9 Å². The monoisotopic (exact) mass is 317 g/mol. The first-order valence-corrected chi connectivity index (χ1v) is 7.31. The molecule has 96 valence electrons. The van der Waals surface area contributed by atoms with Gasteiger partial charge in [0.2, 0.25) is 0 Å². The van der Waals surface area contributed by atoms with E-state index < -0.39 is 5.97 Å². The Kier molecular flexibility index (Phi) is 2.28. The number of halogens is 1. The summed E-state index contributed by atoms with van der Waals surface area (Å²) in [5, 5.41) is 10.4. The summed E-state index contributed by atoms with van der Waals surface area (Å²) in [6.45, 7) is 0. The van der Waals surface area contributed by atoms with Crippen molar-refractivity contribution in [1.82, 2.24) is 4.98 Å². The van der Waals surface area contributed by atoms with Gasteiger partial charge in [-0.15, -0.1) is 0 Å². The predicted octanol–water partition coefficient (Wildman–Crippen LogP) is 4.06. The summed E-state index contributed by atoms with van der Waals surface area (Å²) in [4.78, 5) is 16.5. The molecule has 0 saturated heterocycles. The molecule has 0 spiro atoms. The molecule has 2 bridgehead atoms. The number of carboxylic acids is 1. The molecule has 1 saturated carbocycles. The van der Waals surface area contributed by atoms with Gasteiger partial charge in [-0.3, -0.25) is 4.98 Å². The quantitative estimate of drug-likeness (QED) is 0.862. The number of pyridine rings is 1. The molecule has 0 amide bonds. The summed E-state index contributed by atoms with van der Waals surface area (Å²) in [6, 6.07) is 5.69. The average molecular weight is 318 g/mol. The molecule has 2 atom stereocenters. The van der Waals surface area contributed by atoms with Crippen molar-refractivity contribution in [3.05, 3.63) is 39.5 Å². The third-order valence-corrected chi connectivity index (χ3v) is 4.95. The highest BCUT2D eigenvalue weighted by Gasteiger charge is 2.41. The summed E-state index contributed by atoms with van der Waals surface area (Å²) < 4.78 is 0.896. The van der Waals surface area contributed by atoms with Crippen molar-refractivity contribution in [3.8, 4) is 0 Å². The van der Waals surface area contributed by atoms with E-state index in [0.29, 0.717) is 17.4 Å². The fraction of sp³-hybridized carbons (Fsp3) is 0.333. The van der Waals surface area contributed by atoms with Crippen LogP contribution in [0.15, 0.2) is 22.7 Å². The molecule has 1 N–H and O–H groups in total. The van der Waals surface area contributed by atoms with Crippen LogP contribution in [0.1, 0.15) is 52.7 Å². The lowest BCUT2D eigenvalue weighted by molar-refractivity contribution is 0.0697. The molecule has 0 radical (unpaired) electrons. The highest BCUT2D eigenvalue weighted by Crippen LogP contribution is 2.54. The number of nitrogens with zero attached hydrogens (tertiary/aromatic N) is 1. The molecule has 1 aromatic carbocycles. The first-order valence-electron chi connectivity index (χ1n) is 6.51. The molecule has 2 aromatic rings. The average Bonchev–Trinajstić information content (AvgIpc) is 2.97. The number of benzene rings is 1. The SMILES string of the molecule is O=C(O)c1c2c(nc3ccc(Br)cc13)C1CCC2C1. The molecular formula is C15H12BrNO2. The standard InChI is InChI=1S/C15H12BrNO2/c16-9-3-4-11-10(6-9)13(15(18)19)12-7-1-2-8(5-7)14(12)17-11/h3-4,6-8H,1-2,5H2,(H,18,19). The Bertz CT molecular complexity index is 726. The summed E-state index contributed by atoms with van der Waals surface area (Å²) >= 11 is 3.42. The van der Waals surface area contributed by atoms with Gasteiger partial charge in [0.1, 0.15) is 0 Å². The van der Waals surface area contributed by atoms with Gasteiger partial charge in [-0.05, 0) is 48.9 Å². The van der Waals surface area contributed by atoms with Gasteiger partial charge in [-0.25, -0.2) is 4.79 Å². The van der Waals surface area contributed by atoms with E-state index in [-0.39, 0.29) is 0 Å². The Morgan fingerprint density at radius 3 is 2.89 bits per heavy atom. The van der Waals surface area contributed by atoms with E-state index in [4.69, 9.17) is 4.98 Å². The van der Waals surface area contributed by atoms with E-state index in [9.17, 15) is 9.90 Å². The van der Waals surface area contributed by atoms with Crippen LogP contribution < -0.4 is 0 Å². The van der Waals surface area contributed by atoms with Crippen LogP contribution in [-0.4, -0.2) is 16.1 Å². The summed E-state index contributed by atoms with van der Waals surface area (Å²) in [5.74, 6) is 0.0578. The zero-order valence-electron chi connectivity index (χ0n) is 10.2. The van der Waals surface area contributed by atoms with Crippen molar-refractivity contribution in [2.24, 2.45) is 0 Å². The fourth-order valence-corrected chi connectivity index (χ4v) is 4.08. The zero-order valence-corrected chi connectivity index (χ0v) is 11.8. The van der Waals surface area contributed by atoms with Crippen molar-refractivity contribution in [1.29, 1.82) is 0 Å². The van der Waals surface area contributed by atoms with Crippen molar-refractivity contribution in [2.45, 2.75) is 31.1 Å². The van der Waals surface area contributed by atoms with Crippen LogP contribution in [0.3, 0.4) is 0 Å². The largest absolute Gasteiger partial charge is 0.478 e. The number of aromatic carboxylic acids is 1. The van der Waals surface area contributed by atoms with Crippen molar-refractivity contribution in [2.75, 3.05) is 0 Å². The Hall–Kier alpha value is -1.42. The highest BCUT2D eigenvalue weighted by atomic mass is 79.9. The predicted molar refractivity (Wildman–Crippen MR) is 75.7 cm³/mol. The Balaban J connectivity index is 2.14. The second-order valence-electron chi connectivity index (χ2n) is 5.46. The molecule has 1 heterocycles. The molecule has 2 aliphatic rings. The molecular weight excluding hydrogens is 306 g/mol. The van der Waals surface area contributed by atoms with Gasteiger partial charge in [0.25, 0.3) is 0 Å². The molecule has 19 heavy (non-hydrogen) atoms. The number of carbonyl (C=O) groups is 1. The van der Waals surface area contributed by atoms with Crippen LogP contribution in [0.5, 0.6) is 0 Å².